The number of allylic oxidation sites excluding steroid dienone is 10. The molecule has 1 atom stereocenters. The van der Waals surface area contributed by atoms with Gasteiger partial charge in [0, 0.05) is 0 Å². The largest absolute Gasteiger partial charge is 0.0859 e. The zero-order chi connectivity index (χ0) is 16.7. The lowest BCUT2D eigenvalue weighted by Crippen LogP contribution is -2.01. The van der Waals surface area contributed by atoms with Crippen molar-refractivity contribution in [3.63, 3.8) is 0 Å². The van der Waals surface area contributed by atoms with E-state index in [1.165, 1.54) is 62.5 Å². The molecule has 126 valence electrons. The van der Waals surface area contributed by atoms with Crippen molar-refractivity contribution in [1.82, 2.24) is 0 Å². The van der Waals surface area contributed by atoms with Crippen LogP contribution in [0.4, 0.5) is 0 Å². The summed E-state index contributed by atoms with van der Waals surface area (Å²) in [5, 5.41) is 0. The molecule has 0 spiro atoms. The normalized spacial score (nSPS) is 19.3. The molecule has 1 unspecified atom stereocenters. The summed E-state index contributed by atoms with van der Waals surface area (Å²) >= 11 is 0. The van der Waals surface area contributed by atoms with Crippen LogP contribution in [-0.2, 0) is 0 Å². The molecule has 0 aromatic carbocycles. The highest BCUT2D eigenvalue weighted by Crippen LogP contribution is 2.32. The van der Waals surface area contributed by atoms with Crippen LogP contribution in [-0.4, -0.2) is 0 Å². The molecule has 0 heterocycles. The molecule has 0 amide bonds. The fourth-order valence-electron chi connectivity index (χ4n) is 3.40. The van der Waals surface area contributed by atoms with Gasteiger partial charge in [-0.3, -0.25) is 0 Å². The van der Waals surface area contributed by atoms with Crippen molar-refractivity contribution >= 4 is 0 Å². The van der Waals surface area contributed by atoms with E-state index in [-0.39, 0.29) is 0 Å². The van der Waals surface area contributed by atoms with Crippen LogP contribution in [0.5, 0.6) is 0 Å². The van der Waals surface area contributed by atoms with Gasteiger partial charge in [0.1, 0.15) is 0 Å². The Morgan fingerprint density at radius 3 is 2.22 bits per heavy atom. The van der Waals surface area contributed by atoms with Crippen molar-refractivity contribution < 1.29 is 0 Å². The second-order valence-electron chi connectivity index (χ2n) is 7.72. The average Bonchev–Trinajstić information content (AvgIpc) is 2.54. The molecule has 23 heavy (non-hydrogen) atoms. The molecule has 2 aliphatic rings. The Bertz CT molecular complexity index is 545. The van der Waals surface area contributed by atoms with Gasteiger partial charge >= 0.3 is 0 Å². The first-order chi connectivity index (χ1) is 11.0. The number of hydrogen-bond donors (Lipinski definition) is 0. The molecule has 0 saturated carbocycles. The molecular formula is C23H34. The maximum atomic E-state index is 2.41. The van der Waals surface area contributed by atoms with E-state index in [4.69, 9.17) is 0 Å². The molecule has 0 aliphatic heterocycles. The fourth-order valence-corrected chi connectivity index (χ4v) is 3.40. The third-order valence-electron chi connectivity index (χ3n) is 5.18. The molecule has 0 aromatic rings. The summed E-state index contributed by atoms with van der Waals surface area (Å²) in [6, 6.07) is 0. The standard InChI is InChI=1S/C23H34/c1-18(2)6-5-7-19(3)8-11-21-12-16-23(17-13-21)22-14-9-20(4)10-15-22/h6,9,12,14,16,19H,5,7-8,10-11,13,15,17H2,1-4H3. The molecule has 0 radical (unpaired) electrons. The van der Waals surface area contributed by atoms with Gasteiger partial charge in [-0.05, 0) is 89.2 Å². The second-order valence-corrected chi connectivity index (χ2v) is 7.72. The number of hydrogen-bond acceptors (Lipinski definition) is 0. The van der Waals surface area contributed by atoms with E-state index in [1.807, 2.05) is 0 Å². The Morgan fingerprint density at radius 2 is 1.65 bits per heavy atom. The van der Waals surface area contributed by atoms with Gasteiger partial charge in [-0.25, -0.2) is 0 Å². The molecule has 0 N–H and O–H groups in total. The maximum absolute atomic E-state index is 2.41. The quantitative estimate of drug-likeness (QED) is 0.428. The maximum Gasteiger partial charge on any atom is -0.0239 e. The minimum absolute atomic E-state index is 0.839. The van der Waals surface area contributed by atoms with Crippen LogP contribution in [0.25, 0.3) is 0 Å². The van der Waals surface area contributed by atoms with Gasteiger partial charge < -0.3 is 0 Å². The smallest absolute Gasteiger partial charge is 0.0239 e. The van der Waals surface area contributed by atoms with Crippen molar-refractivity contribution in [2.75, 3.05) is 0 Å². The summed E-state index contributed by atoms with van der Waals surface area (Å²) in [5.41, 5.74) is 7.77. The zero-order valence-electron chi connectivity index (χ0n) is 15.6. The minimum Gasteiger partial charge on any atom is -0.0859 e. The van der Waals surface area contributed by atoms with Crippen LogP contribution in [0.1, 0.15) is 79.1 Å². The molecular weight excluding hydrogens is 276 g/mol. The van der Waals surface area contributed by atoms with E-state index in [0.717, 1.165) is 5.92 Å². The lowest BCUT2D eigenvalue weighted by Gasteiger charge is -2.20. The summed E-state index contributed by atoms with van der Waals surface area (Å²) in [6.45, 7) is 9.03. The third-order valence-corrected chi connectivity index (χ3v) is 5.18. The molecule has 0 saturated heterocycles. The van der Waals surface area contributed by atoms with Crippen molar-refractivity contribution in [3.8, 4) is 0 Å². The lowest BCUT2D eigenvalue weighted by molar-refractivity contribution is 0.492. The minimum atomic E-state index is 0.839. The molecule has 2 aliphatic carbocycles. The highest BCUT2D eigenvalue weighted by Gasteiger charge is 2.13. The first kappa shape index (κ1) is 18.0. The Morgan fingerprint density at radius 1 is 0.957 bits per heavy atom. The van der Waals surface area contributed by atoms with Crippen LogP contribution >= 0.6 is 0 Å². The van der Waals surface area contributed by atoms with Crippen LogP contribution < -0.4 is 0 Å². The van der Waals surface area contributed by atoms with Crippen molar-refractivity contribution in [2.45, 2.75) is 79.1 Å². The predicted molar refractivity (Wildman–Crippen MR) is 104 cm³/mol. The van der Waals surface area contributed by atoms with Gasteiger partial charge in [-0.2, -0.15) is 0 Å². The van der Waals surface area contributed by atoms with Crippen molar-refractivity contribution in [2.24, 2.45) is 5.92 Å². The van der Waals surface area contributed by atoms with Crippen molar-refractivity contribution in [3.05, 3.63) is 58.2 Å². The SMILES string of the molecule is CC(C)=CCCC(C)CCC1=CC=C(C2=CC=C(C)CC2)CC1. The topological polar surface area (TPSA) is 0 Å². The van der Waals surface area contributed by atoms with E-state index in [1.54, 1.807) is 16.7 Å². The van der Waals surface area contributed by atoms with Gasteiger partial charge in [0.25, 0.3) is 0 Å². The first-order valence-electron chi connectivity index (χ1n) is 9.43. The first-order valence-corrected chi connectivity index (χ1v) is 9.43. The van der Waals surface area contributed by atoms with Crippen LogP contribution in [0, 0.1) is 5.92 Å². The molecule has 2 rings (SSSR count). The van der Waals surface area contributed by atoms with E-state index in [9.17, 15) is 0 Å². The lowest BCUT2D eigenvalue weighted by atomic mass is 9.86. The van der Waals surface area contributed by atoms with Crippen LogP contribution in [0.15, 0.2) is 58.2 Å². The van der Waals surface area contributed by atoms with Gasteiger partial charge in [-0.1, -0.05) is 54.0 Å². The van der Waals surface area contributed by atoms with Gasteiger partial charge in [0.15, 0.2) is 0 Å². The Hall–Kier alpha value is -1.30. The Kier molecular flexibility index (Phi) is 7.15. The summed E-state index contributed by atoms with van der Waals surface area (Å²) in [6.07, 6.45) is 22.0. The third kappa shape index (κ3) is 6.37. The molecule has 0 heteroatoms. The highest BCUT2D eigenvalue weighted by molar-refractivity contribution is 5.42. The van der Waals surface area contributed by atoms with Crippen LogP contribution in [0.3, 0.4) is 0 Å². The van der Waals surface area contributed by atoms with E-state index >= 15 is 0 Å². The Balaban J connectivity index is 1.79. The zero-order valence-corrected chi connectivity index (χ0v) is 15.6. The predicted octanol–water partition coefficient (Wildman–Crippen LogP) is 7.46. The highest BCUT2D eigenvalue weighted by atomic mass is 14.2. The van der Waals surface area contributed by atoms with E-state index < -0.39 is 0 Å². The van der Waals surface area contributed by atoms with Crippen molar-refractivity contribution in [1.29, 1.82) is 0 Å². The average molecular weight is 311 g/mol. The molecule has 0 aromatic heterocycles. The van der Waals surface area contributed by atoms with E-state index in [2.05, 4.69) is 58.1 Å². The van der Waals surface area contributed by atoms with Gasteiger partial charge in [0.05, 0.1) is 0 Å². The fraction of sp³-hybridized carbons (Fsp3) is 0.565. The second kappa shape index (κ2) is 9.11. The van der Waals surface area contributed by atoms with Gasteiger partial charge in [-0.15, -0.1) is 0 Å². The summed E-state index contributed by atoms with van der Waals surface area (Å²) in [7, 11) is 0. The van der Waals surface area contributed by atoms with Gasteiger partial charge in [0.2, 0.25) is 0 Å². The molecule has 0 bridgehead atoms. The van der Waals surface area contributed by atoms with E-state index in [0.29, 0.717) is 0 Å². The summed E-state index contributed by atoms with van der Waals surface area (Å²) in [4.78, 5) is 0. The number of rotatable bonds is 7. The monoisotopic (exact) mass is 310 g/mol. The summed E-state index contributed by atoms with van der Waals surface area (Å²) in [5.74, 6) is 0.839. The summed E-state index contributed by atoms with van der Waals surface area (Å²) < 4.78 is 0. The molecule has 0 fully saturated rings. The van der Waals surface area contributed by atoms with Crippen LogP contribution in [0.2, 0.25) is 0 Å². The Labute approximate surface area is 143 Å². The molecule has 0 nitrogen and oxygen atoms in total.